The van der Waals surface area contributed by atoms with Crippen LogP contribution in [0.4, 0.5) is 0 Å². The third-order valence-electron chi connectivity index (χ3n) is 3.00. The van der Waals surface area contributed by atoms with Gasteiger partial charge in [-0.1, -0.05) is 32.6 Å². The molecule has 0 aromatic carbocycles. The van der Waals surface area contributed by atoms with Crippen LogP contribution in [-0.4, -0.2) is 18.5 Å². The average molecular weight is 238 g/mol. The van der Waals surface area contributed by atoms with E-state index in [0.29, 0.717) is 18.9 Å². The summed E-state index contributed by atoms with van der Waals surface area (Å²) in [5, 5.41) is 2.85. The van der Waals surface area contributed by atoms with E-state index in [0.717, 1.165) is 32.1 Å². The summed E-state index contributed by atoms with van der Waals surface area (Å²) in [5.74, 6) is 3.20. The van der Waals surface area contributed by atoms with Crippen LogP contribution in [-0.2, 0) is 4.79 Å². The molecule has 17 heavy (non-hydrogen) atoms. The third kappa shape index (κ3) is 7.82. The fourth-order valence-electron chi connectivity index (χ4n) is 1.94. The van der Waals surface area contributed by atoms with Crippen molar-refractivity contribution in [3.63, 3.8) is 0 Å². The lowest BCUT2D eigenvalue weighted by atomic mass is 9.94. The van der Waals surface area contributed by atoms with Crippen molar-refractivity contribution in [2.75, 3.05) is 6.54 Å². The Bertz CT molecular complexity index is 239. The first-order chi connectivity index (χ1) is 8.17. The number of hydrogen-bond donors (Lipinski definition) is 2. The van der Waals surface area contributed by atoms with Crippen molar-refractivity contribution in [3.05, 3.63) is 0 Å². The Hall–Kier alpha value is -1.01. The fraction of sp³-hybridized carbons (Fsp3) is 0.786. The topological polar surface area (TPSA) is 55.1 Å². The molecule has 0 aromatic rings. The van der Waals surface area contributed by atoms with Crippen molar-refractivity contribution >= 4 is 5.91 Å². The van der Waals surface area contributed by atoms with E-state index in [4.69, 9.17) is 12.2 Å². The minimum atomic E-state index is -0.123. The van der Waals surface area contributed by atoms with Gasteiger partial charge >= 0.3 is 0 Å². The number of hydrogen-bond acceptors (Lipinski definition) is 2. The maximum atomic E-state index is 11.6. The maximum absolute atomic E-state index is 11.6. The molecule has 0 fully saturated rings. The summed E-state index contributed by atoms with van der Waals surface area (Å²) >= 11 is 0. The van der Waals surface area contributed by atoms with Crippen molar-refractivity contribution in [1.82, 2.24) is 5.32 Å². The number of nitrogens with one attached hydrogen (secondary N) is 1. The van der Waals surface area contributed by atoms with Gasteiger partial charge in [-0.3, -0.25) is 4.79 Å². The zero-order valence-electron chi connectivity index (χ0n) is 11.2. The SMILES string of the molecule is C#CC(CC)NC(=O)CCC(CCC)CCN. The summed E-state index contributed by atoms with van der Waals surface area (Å²) < 4.78 is 0. The number of carbonyl (C=O) groups excluding carboxylic acids is 1. The number of nitrogens with two attached hydrogens (primary N) is 1. The smallest absolute Gasteiger partial charge is 0.220 e. The summed E-state index contributed by atoms with van der Waals surface area (Å²) in [6.45, 7) is 4.84. The molecule has 0 heterocycles. The molecule has 0 saturated heterocycles. The van der Waals surface area contributed by atoms with E-state index in [-0.39, 0.29) is 11.9 Å². The summed E-state index contributed by atoms with van der Waals surface area (Å²) in [6, 6.07) is -0.123. The predicted octanol–water partition coefficient (Wildman–Crippen LogP) is 2.06. The summed E-state index contributed by atoms with van der Waals surface area (Å²) in [7, 11) is 0. The van der Waals surface area contributed by atoms with E-state index >= 15 is 0 Å². The molecule has 0 aliphatic heterocycles. The largest absolute Gasteiger partial charge is 0.342 e. The van der Waals surface area contributed by atoms with Gasteiger partial charge in [-0.15, -0.1) is 6.42 Å². The van der Waals surface area contributed by atoms with Crippen molar-refractivity contribution in [2.45, 2.75) is 58.4 Å². The van der Waals surface area contributed by atoms with Crippen molar-refractivity contribution in [3.8, 4) is 12.3 Å². The summed E-state index contributed by atoms with van der Waals surface area (Å²) in [5.41, 5.74) is 5.56. The second-order valence-corrected chi connectivity index (χ2v) is 4.47. The number of terminal acetylenes is 1. The van der Waals surface area contributed by atoms with Gasteiger partial charge in [0, 0.05) is 6.42 Å². The Morgan fingerprint density at radius 3 is 2.53 bits per heavy atom. The minimum Gasteiger partial charge on any atom is -0.342 e. The molecule has 2 atom stereocenters. The molecular weight excluding hydrogens is 212 g/mol. The van der Waals surface area contributed by atoms with Crippen LogP contribution in [0.2, 0.25) is 0 Å². The van der Waals surface area contributed by atoms with E-state index in [1.807, 2.05) is 6.92 Å². The fourth-order valence-corrected chi connectivity index (χ4v) is 1.94. The molecule has 2 unspecified atom stereocenters. The van der Waals surface area contributed by atoms with Crippen molar-refractivity contribution < 1.29 is 4.79 Å². The van der Waals surface area contributed by atoms with Gasteiger partial charge in [0.15, 0.2) is 0 Å². The molecule has 3 heteroatoms. The number of amides is 1. The molecule has 0 rings (SSSR count). The Kier molecular flexibility index (Phi) is 9.56. The Balaban J connectivity index is 3.91. The maximum Gasteiger partial charge on any atom is 0.220 e. The van der Waals surface area contributed by atoms with E-state index < -0.39 is 0 Å². The van der Waals surface area contributed by atoms with Crippen LogP contribution in [0, 0.1) is 18.3 Å². The van der Waals surface area contributed by atoms with E-state index in [1.54, 1.807) is 0 Å². The standard InChI is InChI=1S/C14H26N2O/c1-4-7-12(10-11-15)8-9-14(17)16-13(5-2)6-3/h2,12-13H,4,6-11,15H2,1,3H3,(H,16,17). The molecule has 0 spiro atoms. The lowest BCUT2D eigenvalue weighted by molar-refractivity contribution is -0.121. The molecule has 0 aliphatic carbocycles. The number of rotatable bonds is 9. The third-order valence-corrected chi connectivity index (χ3v) is 3.00. The molecular formula is C14H26N2O. The monoisotopic (exact) mass is 238 g/mol. The van der Waals surface area contributed by atoms with E-state index in [2.05, 4.69) is 18.2 Å². The summed E-state index contributed by atoms with van der Waals surface area (Å²) in [6.07, 6.45) is 10.9. The Morgan fingerprint density at radius 1 is 1.35 bits per heavy atom. The zero-order chi connectivity index (χ0) is 13.1. The van der Waals surface area contributed by atoms with Crippen molar-refractivity contribution in [1.29, 1.82) is 0 Å². The highest BCUT2D eigenvalue weighted by Crippen LogP contribution is 2.16. The lowest BCUT2D eigenvalue weighted by Gasteiger charge is -2.16. The highest BCUT2D eigenvalue weighted by atomic mass is 16.1. The normalized spacial score (nSPS) is 13.8. The first kappa shape index (κ1) is 16.0. The quantitative estimate of drug-likeness (QED) is 0.604. The van der Waals surface area contributed by atoms with Gasteiger partial charge < -0.3 is 11.1 Å². The molecule has 3 N–H and O–H groups in total. The van der Waals surface area contributed by atoms with Crippen LogP contribution < -0.4 is 11.1 Å². The lowest BCUT2D eigenvalue weighted by Crippen LogP contribution is -2.33. The van der Waals surface area contributed by atoms with Crippen LogP contribution >= 0.6 is 0 Å². The molecule has 0 aliphatic rings. The van der Waals surface area contributed by atoms with Crippen LogP contribution in [0.5, 0.6) is 0 Å². The predicted molar refractivity (Wildman–Crippen MR) is 72.4 cm³/mol. The second-order valence-electron chi connectivity index (χ2n) is 4.47. The first-order valence-electron chi connectivity index (χ1n) is 6.63. The van der Waals surface area contributed by atoms with Gasteiger partial charge in [0.25, 0.3) is 0 Å². The zero-order valence-corrected chi connectivity index (χ0v) is 11.2. The molecule has 0 radical (unpaired) electrons. The van der Waals surface area contributed by atoms with Crippen LogP contribution in [0.3, 0.4) is 0 Å². The molecule has 0 aromatic heterocycles. The van der Waals surface area contributed by atoms with Gasteiger partial charge in [-0.05, 0) is 31.7 Å². The number of carbonyl (C=O) groups is 1. The van der Waals surface area contributed by atoms with E-state index in [1.165, 1.54) is 0 Å². The van der Waals surface area contributed by atoms with Crippen LogP contribution in [0.25, 0.3) is 0 Å². The van der Waals surface area contributed by atoms with Crippen LogP contribution in [0.15, 0.2) is 0 Å². The van der Waals surface area contributed by atoms with Gasteiger partial charge in [0.05, 0.1) is 6.04 Å². The van der Waals surface area contributed by atoms with Gasteiger partial charge in [-0.25, -0.2) is 0 Å². The van der Waals surface area contributed by atoms with Crippen LogP contribution in [0.1, 0.15) is 52.4 Å². The minimum absolute atomic E-state index is 0.0629. The molecule has 3 nitrogen and oxygen atoms in total. The Morgan fingerprint density at radius 2 is 2.06 bits per heavy atom. The van der Waals surface area contributed by atoms with E-state index in [9.17, 15) is 4.79 Å². The average Bonchev–Trinajstić information content (AvgIpc) is 2.33. The molecule has 1 amide bonds. The molecule has 98 valence electrons. The highest BCUT2D eigenvalue weighted by Gasteiger charge is 2.11. The Labute approximate surface area is 106 Å². The second kappa shape index (κ2) is 10.2. The summed E-state index contributed by atoms with van der Waals surface area (Å²) in [4.78, 5) is 11.6. The molecule has 0 saturated carbocycles. The van der Waals surface area contributed by atoms with Gasteiger partial charge in [-0.2, -0.15) is 0 Å². The van der Waals surface area contributed by atoms with Gasteiger partial charge in [0.2, 0.25) is 5.91 Å². The first-order valence-corrected chi connectivity index (χ1v) is 6.63. The van der Waals surface area contributed by atoms with Gasteiger partial charge in [0.1, 0.15) is 0 Å². The van der Waals surface area contributed by atoms with Crippen molar-refractivity contribution in [2.24, 2.45) is 11.7 Å². The molecule has 0 bridgehead atoms. The highest BCUT2D eigenvalue weighted by molar-refractivity contribution is 5.76.